The zero-order chi connectivity index (χ0) is 16.7. The van der Waals surface area contributed by atoms with Crippen molar-refractivity contribution in [3.63, 3.8) is 0 Å². The number of rotatable bonds is 3. The van der Waals surface area contributed by atoms with E-state index in [9.17, 15) is 23.9 Å². The first-order valence-electron chi connectivity index (χ1n) is 7.16. The van der Waals surface area contributed by atoms with Crippen LogP contribution in [0.3, 0.4) is 0 Å². The Bertz CT molecular complexity index is 618. The number of ketones is 3. The third kappa shape index (κ3) is 2.86. The Morgan fingerprint density at radius 1 is 1.18 bits per heavy atom. The van der Waals surface area contributed by atoms with E-state index in [0.29, 0.717) is 5.56 Å². The average Bonchev–Trinajstić information content (AvgIpc) is 2.36. The summed E-state index contributed by atoms with van der Waals surface area (Å²) >= 11 is 0. The van der Waals surface area contributed by atoms with Crippen molar-refractivity contribution in [3.05, 3.63) is 35.6 Å². The van der Waals surface area contributed by atoms with E-state index in [1.165, 1.54) is 45.0 Å². The number of aliphatic hydroxyl groups is 1. The quantitative estimate of drug-likeness (QED) is 0.868. The molecule has 1 N–H and O–H groups in total. The van der Waals surface area contributed by atoms with Gasteiger partial charge < -0.3 is 5.11 Å². The third-order valence-corrected chi connectivity index (χ3v) is 4.40. The first kappa shape index (κ1) is 16.5. The molecule has 118 valence electrons. The van der Waals surface area contributed by atoms with Crippen LogP contribution >= 0.6 is 0 Å². The van der Waals surface area contributed by atoms with E-state index in [0.717, 1.165) is 0 Å². The summed E-state index contributed by atoms with van der Waals surface area (Å²) in [5.74, 6) is -4.11. The van der Waals surface area contributed by atoms with Gasteiger partial charge in [-0.25, -0.2) is 4.39 Å². The summed E-state index contributed by atoms with van der Waals surface area (Å²) in [7, 11) is 0. The minimum absolute atomic E-state index is 0.237. The summed E-state index contributed by atoms with van der Waals surface area (Å²) in [5, 5.41) is 10.5. The number of hydrogen-bond donors (Lipinski definition) is 1. The van der Waals surface area contributed by atoms with Crippen molar-refractivity contribution < 1.29 is 23.9 Å². The molecular formula is C17H19FO4. The summed E-state index contributed by atoms with van der Waals surface area (Å²) in [4.78, 5) is 36.3. The van der Waals surface area contributed by atoms with Gasteiger partial charge in [-0.15, -0.1) is 0 Å². The van der Waals surface area contributed by atoms with Gasteiger partial charge >= 0.3 is 0 Å². The molecule has 22 heavy (non-hydrogen) atoms. The van der Waals surface area contributed by atoms with E-state index in [1.807, 2.05) is 0 Å². The van der Waals surface area contributed by atoms with Crippen LogP contribution in [0.5, 0.6) is 0 Å². The predicted octanol–water partition coefficient (Wildman–Crippen LogP) is 2.04. The second-order valence-corrected chi connectivity index (χ2v) is 6.25. The smallest absolute Gasteiger partial charge is 0.146 e. The SMILES string of the molecule is CC(=O)[C@@H]1C(=O)C[C@](C)(O)[C@H](C(C)=O)[C@H]1c1ccc(F)cc1. The highest BCUT2D eigenvalue weighted by Gasteiger charge is 2.53. The van der Waals surface area contributed by atoms with Crippen molar-refractivity contribution in [2.45, 2.75) is 38.7 Å². The molecule has 0 unspecified atom stereocenters. The number of benzene rings is 1. The van der Waals surface area contributed by atoms with E-state index in [-0.39, 0.29) is 23.8 Å². The fourth-order valence-electron chi connectivity index (χ4n) is 3.59. The highest BCUT2D eigenvalue weighted by atomic mass is 19.1. The van der Waals surface area contributed by atoms with Crippen LogP contribution in [0.1, 0.15) is 38.7 Å². The molecule has 1 aromatic carbocycles. The molecule has 0 spiro atoms. The van der Waals surface area contributed by atoms with Gasteiger partial charge in [0.25, 0.3) is 0 Å². The number of hydrogen-bond acceptors (Lipinski definition) is 4. The zero-order valence-electron chi connectivity index (χ0n) is 12.8. The lowest BCUT2D eigenvalue weighted by atomic mass is 9.60. The van der Waals surface area contributed by atoms with Gasteiger partial charge in [0.1, 0.15) is 23.2 Å². The molecule has 1 saturated carbocycles. The van der Waals surface area contributed by atoms with Gasteiger partial charge in [0.2, 0.25) is 0 Å². The monoisotopic (exact) mass is 306 g/mol. The molecule has 4 atom stereocenters. The average molecular weight is 306 g/mol. The lowest BCUT2D eigenvalue weighted by molar-refractivity contribution is -0.151. The van der Waals surface area contributed by atoms with Gasteiger partial charge in [0.15, 0.2) is 0 Å². The van der Waals surface area contributed by atoms with E-state index >= 15 is 0 Å². The van der Waals surface area contributed by atoms with Crippen LogP contribution in [-0.2, 0) is 14.4 Å². The fraction of sp³-hybridized carbons (Fsp3) is 0.471. The summed E-state index contributed by atoms with van der Waals surface area (Å²) in [6.07, 6.45) is -0.237. The molecule has 1 aromatic rings. The molecule has 1 aliphatic rings. The highest BCUT2D eigenvalue weighted by molar-refractivity contribution is 6.05. The molecule has 0 radical (unpaired) electrons. The van der Waals surface area contributed by atoms with Gasteiger partial charge in [-0.05, 0) is 38.5 Å². The summed E-state index contributed by atoms with van der Waals surface area (Å²) < 4.78 is 13.1. The van der Waals surface area contributed by atoms with Crippen molar-refractivity contribution >= 4 is 17.3 Å². The third-order valence-electron chi connectivity index (χ3n) is 4.40. The molecule has 4 nitrogen and oxygen atoms in total. The van der Waals surface area contributed by atoms with Gasteiger partial charge in [0, 0.05) is 12.3 Å². The summed E-state index contributed by atoms with van der Waals surface area (Å²) in [5.41, 5.74) is -1.01. The van der Waals surface area contributed by atoms with Gasteiger partial charge in [-0.2, -0.15) is 0 Å². The predicted molar refractivity (Wildman–Crippen MR) is 77.7 cm³/mol. The Morgan fingerprint density at radius 2 is 1.73 bits per heavy atom. The Morgan fingerprint density at radius 3 is 2.18 bits per heavy atom. The van der Waals surface area contributed by atoms with Crippen LogP contribution in [0, 0.1) is 17.7 Å². The minimum Gasteiger partial charge on any atom is -0.389 e. The number of carbonyl (C=O) groups excluding carboxylic acids is 3. The maximum Gasteiger partial charge on any atom is 0.146 e. The molecule has 0 saturated heterocycles. The molecular weight excluding hydrogens is 287 g/mol. The van der Waals surface area contributed by atoms with E-state index in [1.54, 1.807) is 0 Å². The summed E-state index contributed by atoms with van der Waals surface area (Å²) in [6, 6.07) is 5.36. The normalized spacial score (nSPS) is 31.9. The maximum atomic E-state index is 13.1. The minimum atomic E-state index is -1.52. The first-order valence-corrected chi connectivity index (χ1v) is 7.16. The second kappa shape index (κ2) is 5.72. The Balaban J connectivity index is 2.61. The summed E-state index contributed by atoms with van der Waals surface area (Å²) in [6.45, 7) is 4.07. The van der Waals surface area contributed by atoms with Crippen molar-refractivity contribution in [2.24, 2.45) is 11.8 Å². The number of carbonyl (C=O) groups is 3. The van der Waals surface area contributed by atoms with Crippen LogP contribution in [0.2, 0.25) is 0 Å². The molecule has 0 aliphatic heterocycles. The molecule has 0 amide bonds. The fourth-order valence-corrected chi connectivity index (χ4v) is 3.59. The van der Waals surface area contributed by atoms with Crippen LogP contribution < -0.4 is 0 Å². The van der Waals surface area contributed by atoms with Crippen LogP contribution in [0.15, 0.2) is 24.3 Å². The molecule has 0 bridgehead atoms. The molecule has 2 rings (SSSR count). The highest BCUT2D eigenvalue weighted by Crippen LogP contribution is 2.46. The Hall–Kier alpha value is -1.88. The van der Waals surface area contributed by atoms with Crippen LogP contribution in [0.25, 0.3) is 0 Å². The Labute approximate surface area is 128 Å². The van der Waals surface area contributed by atoms with Crippen LogP contribution in [0.4, 0.5) is 4.39 Å². The van der Waals surface area contributed by atoms with E-state index in [4.69, 9.17) is 0 Å². The van der Waals surface area contributed by atoms with Gasteiger partial charge in [0.05, 0.1) is 17.4 Å². The van der Waals surface area contributed by atoms with Crippen molar-refractivity contribution in [3.8, 4) is 0 Å². The lowest BCUT2D eigenvalue weighted by Gasteiger charge is -2.44. The van der Waals surface area contributed by atoms with Crippen molar-refractivity contribution in [1.29, 1.82) is 0 Å². The van der Waals surface area contributed by atoms with Crippen molar-refractivity contribution in [1.82, 2.24) is 0 Å². The van der Waals surface area contributed by atoms with Gasteiger partial charge in [-0.1, -0.05) is 12.1 Å². The zero-order valence-corrected chi connectivity index (χ0v) is 12.8. The molecule has 0 aromatic heterocycles. The molecule has 1 aliphatic carbocycles. The van der Waals surface area contributed by atoms with E-state index in [2.05, 4.69) is 0 Å². The number of Topliss-reactive ketones (excluding diaryl/α,β-unsaturated/α-hetero) is 3. The van der Waals surface area contributed by atoms with Crippen LogP contribution in [-0.4, -0.2) is 28.1 Å². The first-order chi connectivity index (χ1) is 10.1. The largest absolute Gasteiger partial charge is 0.389 e. The van der Waals surface area contributed by atoms with E-state index < -0.39 is 29.2 Å². The molecule has 1 fully saturated rings. The second-order valence-electron chi connectivity index (χ2n) is 6.25. The standard InChI is InChI=1S/C17H19FO4/c1-9(19)14-13(21)8-17(3,22)16(10(2)20)15(14)11-4-6-12(18)7-5-11/h4-7,14-16,22H,8H2,1-3H3/t14-,15+,16-,17+/m1/s1. The number of halogens is 1. The lowest BCUT2D eigenvalue weighted by Crippen LogP contribution is -2.53. The molecule has 5 heteroatoms. The topological polar surface area (TPSA) is 71.4 Å². The molecule has 0 heterocycles. The van der Waals surface area contributed by atoms with Gasteiger partial charge in [-0.3, -0.25) is 14.4 Å². The Kier molecular flexibility index (Phi) is 4.29. The maximum absolute atomic E-state index is 13.1. The van der Waals surface area contributed by atoms with Crippen molar-refractivity contribution in [2.75, 3.05) is 0 Å².